The monoisotopic (exact) mass is 370 g/mol. The zero-order valence-electron chi connectivity index (χ0n) is 15.5. The van der Waals surface area contributed by atoms with E-state index >= 15 is 0 Å². The van der Waals surface area contributed by atoms with Crippen molar-refractivity contribution in [2.75, 3.05) is 37.7 Å². The number of morpholine rings is 1. The van der Waals surface area contributed by atoms with Crippen molar-refractivity contribution in [3.8, 4) is 0 Å². The number of rotatable bonds is 5. The molecule has 0 radical (unpaired) electrons. The van der Waals surface area contributed by atoms with Gasteiger partial charge in [0.15, 0.2) is 0 Å². The summed E-state index contributed by atoms with van der Waals surface area (Å²) < 4.78 is 7.61. The molecule has 0 aliphatic carbocycles. The fourth-order valence-electron chi connectivity index (χ4n) is 3.61. The molecule has 2 aromatic heterocycles. The number of nitrogens with zero attached hydrogens (tertiary/aromatic N) is 5. The quantitative estimate of drug-likeness (QED) is 0.863. The number of carbonyl (C=O) groups is 1. The van der Waals surface area contributed by atoms with Crippen LogP contribution in [0.25, 0.3) is 0 Å². The fourth-order valence-corrected chi connectivity index (χ4v) is 3.61. The Kier molecular flexibility index (Phi) is 5.53. The zero-order valence-corrected chi connectivity index (χ0v) is 15.5. The van der Waals surface area contributed by atoms with Gasteiger partial charge in [-0.3, -0.25) is 4.68 Å². The average Bonchev–Trinajstić information content (AvgIpc) is 3.41. The summed E-state index contributed by atoms with van der Waals surface area (Å²) in [5.74, 6) is 1.00. The molecule has 1 unspecified atom stereocenters. The van der Waals surface area contributed by atoms with E-state index in [9.17, 15) is 4.79 Å². The van der Waals surface area contributed by atoms with Gasteiger partial charge in [-0.15, -0.1) is 0 Å². The van der Waals surface area contributed by atoms with E-state index in [0.717, 1.165) is 24.5 Å². The van der Waals surface area contributed by atoms with Gasteiger partial charge in [0.25, 0.3) is 0 Å². The van der Waals surface area contributed by atoms with Crippen LogP contribution in [-0.2, 0) is 17.8 Å². The second-order valence-corrected chi connectivity index (χ2v) is 7.04. The lowest BCUT2D eigenvalue weighted by Gasteiger charge is -2.33. The first-order valence-electron chi connectivity index (χ1n) is 9.59. The van der Waals surface area contributed by atoms with Crippen LogP contribution in [0.5, 0.6) is 0 Å². The van der Waals surface area contributed by atoms with Crippen LogP contribution in [0.4, 0.5) is 10.6 Å². The molecular formula is C19H26N6O2. The van der Waals surface area contributed by atoms with E-state index in [0.29, 0.717) is 32.8 Å². The highest BCUT2D eigenvalue weighted by Gasteiger charge is 2.24. The molecule has 2 aromatic rings. The predicted octanol–water partition coefficient (Wildman–Crippen LogP) is 1.49. The topological polar surface area (TPSA) is 75.5 Å². The summed E-state index contributed by atoms with van der Waals surface area (Å²) in [6.45, 7) is 5.01. The number of ether oxygens (including phenoxy) is 1. The third-order valence-electron chi connectivity index (χ3n) is 5.06. The molecule has 1 N–H and O–H groups in total. The fraction of sp³-hybridized carbons (Fsp3) is 0.526. The molecule has 2 aliphatic rings. The van der Waals surface area contributed by atoms with E-state index in [4.69, 9.17) is 4.74 Å². The lowest BCUT2D eigenvalue weighted by molar-refractivity contribution is -0.0237. The van der Waals surface area contributed by atoms with Crippen molar-refractivity contribution < 1.29 is 9.53 Å². The van der Waals surface area contributed by atoms with Crippen LogP contribution in [-0.4, -0.2) is 64.6 Å². The van der Waals surface area contributed by atoms with Crippen molar-refractivity contribution in [2.45, 2.75) is 32.0 Å². The molecule has 2 aliphatic heterocycles. The van der Waals surface area contributed by atoms with Gasteiger partial charge in [0, 0.05) is 44.8 Å². The molecule has 8 nitrogen and oxygen atoms in total. The average molecular weight is 370 g/mol. The first-order valence-corrected chi connectivity index (χ1v) is 9.59. The summed E-state index contributed by atoms with van der Waals surface area (Å²) >= 11 is 0. The maximum absolute atomic E-state index is 12.6. The Labute approximate surface area is 159 Å². The van der Waals surface area contributed by atoms with E-state index in [1.807, 2.05) is 34.1 Å². The van der Waals surface area contributed by atoms with Crippen molar-refractivity contribution in [2.24, 2.45) is 0 Å². The molecule has 0 spiro atoms. The molecular weight excluding hydrogens is 344 g/mol. The van der Waals surface area contributed by atoms with E-state index in [1.165, 1.54) is 12.8 Å². The maximum Gasteiger partial charge on any atom is 0.317 e. The van der Waals surface area contributed by atoms with Crippen LogP contribution in [0.1, 0.15) is 18.4 Å². The van der Waals surface area contributed by atoms with Crippen LogP contribution in [0.15, 0.2) is 36.8 Å². The maximum atomic E-state index is 12.6. The van der Waals surface area contributed by atoms with Crippen molar-refractivity contribution >= 4 is 11.8 Å². The lowest BCUT2D eigenvalue weighted by Crippen LogP contribution is -2.50. The molecule has 0 bridgehead atoms. The molecule has 27 heavy (non-hydrogen) atoms. The molecule has 1 atom stereocenters. The Morgan fingerprint density at radius 3 is 2.96 bits per heavy atom. The summed E-state index contributed by atoms with van der Waals surface area (Å²) in [6.07, 6.45) is 7.89. The second kappa shape index (κ2) is 8.39. The third kappa shape index (κ3) is 4.57. The summed E-state index contributed by atoms with van der Waals surface area (Å²) in [5.41, 5.74) is 1.07. The molecule has 4 heterocycles. The predicted molar refractivity (Wildman–Crippen MR) is 101 cm³/mol. The van der Waals surface area contributed by atoms with E-state index in [2.05, 4.69) is 26.4 Å². The van der Waals surface area contributed by atoms with Gasteiger partial charge in [0.1, 0.15) is 5.82 Å². The van der Waals surface area contributed by atoms with E-state index in [1.54, 1.807) is 6.20 Å². The Hall–Kier alpha value is -2.61. The minimum Gasteiger partial charge on any atom is -0.373 e. The minimum atomic E-state index is -0.0525. The van der Waals surface area contributed by atoms with Crippen LogP contribution < -0.4 is 10.2 Å². The van der Waals surface area contributed by atoms with Gasteiger partial charge in [0.05, 0.1) is 25.8 Å². The highest BCUT2D eigenvalue weighted by Crippen LogP contribution is 2.18. The molecule has 2 fully saturated rings. The Bertz CT molecular complexity index is 744. The summed E-state index contributed by atoms with van der Waals surface area (Å²) in [6, 6.07) is 5.87. The second-order valence-electron chi connectivity index (χ2n) is 7.04. The number of aromatic nitrogens is 3. The summed E-state index contributed by atoms with van der Waals surface area (Å²) in [5, 5.41) is 7.23. The molecule has 144 valence electrons. The van der Waals surface area contributed by atoms with Gasteiger partial charge in [-0.25, -0.2) is 9.78 Å². The van der Waals surface area contributed by atoms with Gasteiger partial charge in [0.2, 0.25) is 0 Å². The Morgan fingerprint density at radius 1 is 1.26 bits per heavy atom. The lowest BCUT2D eigenvalue weighted by atomic mass is 10.2. The zero-order chi connectivity index (χ0) is 18.5. The van der Waals surface area contributed by atoms with E-state index < -0.39 is 0 Å². The molecule has 0 saturated carbocycles. The Balaban J connectivity index is 1.29. The van der Waals surface area contributed by atoms with Crippen molar-refractivity contribution in [3.05, 3.63) is 42.4 Å². The van der Waals surface area contributed by atoms with Crippen molar-refractivity contribution in [1.29, 1.82) is 0 Å². The normalized spacial score (nSPS) is 20.1. The van der Waals surface area contributed by atoms with Crippen LogP contribution in [0, 0.1) is 0 Å². The minimum absolute atomic E-state index is 0.0351. The van der Waals surface area contributed by atoms with Gasteiger partial charge in [-0.1, -0.05) is 0 Å². The van der Waals surface area contributed by atoms with Gasteiger partial charge in [-0.05, 0) is 36.6 Å². The number of carbonyl (C=O) groups excluding carboxylic acids is 1. The van der Waals surface area contributed by atoms with Crippen LogP contribution >= 0.6 is 0 Å². The highest BCUT2D eigenvalue weighted by molar-refractivity contribution is 5.74. The summed E-state index contributed by atoms with van der Waals surface area (Å²) in [4.78, 5) is 21.2. The van der Waals surface area contributed by atoms with Crippen molar-refractivity contribution in [1.82, 2.24) is 25.0 Å². The third-order valence-corrected chi connectivity index (χ3v) is 5.06. The smallest absolute Gasteiger partial charge is 0.317 e. The number of urea groups is 1. The highest BCUT2D eigenvalue weighted by atomic mass is 16.5. The van der Waals surface area contributed by atoms with Gasteiger partial charge >= 0.3 is 6.03 Å². The number of pyridine rings is 1. The molecule has 0 aromatic carbocycles. The standard InChI is InChI=1S/C19H26N6O2/c26-19(24-10-11-27-17(14-24)15-25-9-3-5-22-25)21-13-16-4-6-20-18(12-16)23-7-1-2-8-23/h3-6,9,12,17H,1-2,7-8,10-11,13-15H2,(H,21,26). The number of amides is 2. The van der Waals surface area contributed by atoms with E-state index in [-0.39, 0.29) is 12.1 Å². The van der Waals surface area contributed by atoms with Crippen LogP contribution in [0.3, 0.4) is 0 Å². The van der Waals surface area contributed by atoms with Gasteiger partial charge in [-0.2, -0.15) is 5.10 Å². The first-order chi connectivity index (χ1) is 13.3. The van der Waals surface area contributed by atoms with Crippen molar-refractivity contribution in [3.63, 3.8) is 0 Å². The SMILES string of the molecule is O=C(NCc1ccnc(N2CCCC2)c1)N1CCOC(Cn2cccn2)C1. The number of anilines is 1. The summed E-state index contributed by atoms with van der Waals surface area (Å²) in [7, 11) is 0. The molecule has 2 amide bonds. The molecule has 8 heteroatoms. The van der Waals surface area contributed by atoms with Gasteiger partial charge < -0.3 is 19.9 Å². The largest absolute Gasteiger partial charge is 0.373 e. The number of hydrogen-bond acceptors (Lipinski definition) is 5. The Morgan fingerprint density at radius 2 is 2.15 bits per heavy atom. The number of hydrogen-bond donors (Lipinski definition) is 1. The first kappa shape index (κ1) is 17.8. The molecule has 4 rings (SSSR count). The van der Waals surface area contributed by atoms with Crippen LogP contribution in [0.2, 0.25) is 0 Å². The molecule has 2 saturated heterocycles. The number of nitrogens with one attached hydrogen (secondary N) is 1.